The normalized spacial score (nSPS) is 21.8. The monoisotopic (exact) mass is 273 g/mol. The van der Waals surface area contributed by atoms with E-state index in [0.29, 0.717) is 11.5 Å². The molecule has 1 saturated carbocycles. The number of hydrogen-bond donors (Lipinski definition) is 1. The van der Waals surface area contributed by atoms with E-state index in [1.165, 1.54) is 6.42 Å². The van der Waals surface area contributed by atoms with Gasteiger partial charge in [0.25, 0.3) is 5.91 Å². The fourth-order valence-corrected chi connectivity index (χ4v) is 2.79. The first-order valence-electron chi connectivity index (χ1n) is 7.27. The molecule has 0 aromatic carbocycles. The van der Waals surface area contributed by atoms with Crippen molar-refractivity contribution < 1.29 is 9.21 Å². The molecule has 0 saturated heterocycles. The van der Waals surface area contributed by atoms with Crippen LogP contribution in [0, 0.1) is 6.92 Å². The van der Waals surface area contributed by atoms with Gasteiger partial charge in [-0.3, -0.25) is 4.79 Å². The maximum Gasteiger partial charge on any atom is 0.349 e. The van der Waals surface area contributed by atoms with Crippen LogP contribution in [-0.2, 0) is 0 Å². The topological polar surface area (TPSA) is 59.3 Å². The molecule has 2 aliphatic carbocycles. The van der Waals surface area contributed by atoms with Gasteiger partial charge in [-0.25, -0.2) is 4.79 Å². The maximum absolute atomic E-state index is 12.2. The van der Waals surface area contributed by atoms with Crippen LogP contribution in [0.2, 0.25) is 0 Å². The minimum absolute atomic E-state index is 0.0348. The van der Waals surface area contributed by atoms with Crippen molar-refractivity contribution in [1.29, 1.82) is 0 Å². The molecule has 0 spiro atoms. The van der Waals surface area contributed by atoms with Gasteiger partial charge in [-0.1, -0.05) is 18.6 Å². The van der Waals surface area contributed by atoms with E-state index in [-0.39, 0.29) is 17.5 Å². The van der Waals surface area contributed by atoms with E-state index in [2.05, 4.69) is 5.32 Å². The summed E-state index contributed by atoms with van der Waals surface area (Å²) in [6, 6.07) is 1.89. The first kappa shape index (κ1) is 13.2. The molecule has 1 amide bonds. The summed E-state index contributed by atoms with van der Waals surface area (Å²) in [6.45, 7) is 1.80. The molecule has 4 heteroatoms. The van der Waals surface area contributed by atoms with Gasteiger partial charge < -0.3 is 9.73 Å². The Morgan fingerprint density at radius 3 is 2.70 bits per heavy atom. The van der Waals surface area contributed by atoms with Gasteiger partial charge in [-0.05, 0) is 44.2 Å². The Morgan fingerprint density at radius 2 is 2.15 bits per heavy atom. The Labute approximate surface area is 117 Å². The molecule has 1 unspecified atom stereocenters. The first-order valence-corrected chi connectivity index (χ1v) is 7.27. The van der Waals surface area contributed by atoms with Crippen molar-refractivity contribution in [3.05, 3.63) is 45.5 Å². The summed E-state index contributed by atoms with van der Waals surface area (Å²) in [5, 5.41) is 2.87. The summed E-state index contributed by atoms with van der Waals surface area (Å²) < 4.78 is 5.34. The van der Waals surface area contributed by atoms with Gasteiger partial charge in [0, 0.05) is 12.0 Å². The molecule has 3 rings (SSSR count). The highest BCUT2D eigenvalue weighted by Gasteiger charge is 2.25. The molecule has 20 heavy (non-hydrogen) atoms. The molecule has 0 bridgehead atoms. The van der Waals surface area contributed by atoms with Gasteiger partial charge in [0.05, 0.1) is 0 Å². The van der Waals surface area contributed by atoms with Crippen LogP contribution >= 0.6 is 0 Å². The smallest absolute Gasteiger partial charge is 0.349 e. The molecular weight excluding hydrogens is 254 g/mol. The van der Waals surface area contributed by atoms with Gasteiger partial charge in [0.15, 0.2) is 0 Å². The predicted molar refractivity (Wildman–Crippen MR) is 75.9 cm³/mol. The number of aryl methyl sites for hydroxylation is 1. The lowest BCUT2D eigenvalue weighted by molar-refractivity contribution is 0.0938. The summed E-state index contributed by atoms with van der Waals surface area (Å²) in [5.74, 6) is 0.764. The highest BCUT2D eigenvalue weighted by molar-refractivity contribution is 5.95. The molecule has 106 valence electrons. The minimum Gasteiger partial charge on any atom is -0.427 e. The zero-order chi connectivity index (χ0) is 14.1. The Kier molecular flexibility index (Phi) is 3.47. The van der Waals surface area contributed by atoms with E-state index >= 15 is 0 Å². The Balaban J connectivity index is 1.83. The second kappa shape index (κ2) is 5.27. The quantitative estimate of drug-likeness (QED) is 0.861. The molecule has 2 aliphatic rings. The number of rotatable bonds is 3. The van der Waals surface area contributed by atoms with Crippen molar-refractivity contribution in [2.45, 2.75) is 51.0 Å². The van der Waals surface area contributed by atoms with Crippen LogP contribution in [-0.4, -0.2) is 11.9 Å². The SMILES string of the molecule is Cc1cc(C2CCC2)oc(=O)c1C(=O)NC1C=CCC1. The maximum atomic E-state index is 12.2. The minimum atomic E-state index is -0.508. The molecule has 0 radical (unpaired) electrons. The Hall–Kier alpha value is -1.84. The largest absolute Gasteiger partial charge is 0.427 e. The highest BCUT2D eigenvalue weighted by atomic mass is 16.4. The summed E-state index contributed by atoms with van der Waals surface area (Å²) >= 11 is 0. The van der Waals surface area contributed by atoms with Gasteiger partial charge in [0.1, 0.15) is 11.3 Å². The van der Waals surface area contributed by atoms with Crippen molar-refractivity contribution in [3.8, 4) is 0 Å². The lowest BCUT2D eigenvalue weighted by Gasteiger charge is -2.24. The molecule has 1 aromatic rings. The van der Waals surface area contributed by atoms with Crippen LogP contribution in [0.15, 0.2) is 27.4 Å². The fraction of sp³-hybridized carbons (Fsp3) is 0.500. The lowest BCUT2D eigenvalue weighted by atomic mass is 9.83. The second-order valence-electron chi connectivity index (χ2n) is 5.71. The molecule has 1 heterocycles. The van der Waals surface area contributed by atoms with Crippen LogP contribution in [0.5, 0.6) is 0 Å². The third-order valence-corrected chi connectivity index (χ3v) is 4.23. The van der Waals surface area contributed by atoms with Crippen molar-refractivity contribution in [2.75, 3.05) is 0 Å². The van der Waals surface area contributed by atoms with Gasteiger partial charge in [-0.2, -0.15) is 0 Å². The van der Waals surface area contributed by atoms with E-state index in [4.69, 9.17) is 4.42 Å². The molecule has 0 aliphatic heterocycles. The lowest BCUT2D eigenvalue weighted by Crippen LogP contribution is -2.35. The van der Waals surface area contributed by atoms with E-state index in [9.17, 15) is 9.59 Å². The van der Waals surface area contributed by atoms with Crippen molar-refractivity contribution in [2.24, 2.45) is 0 Å². The first-order chi connectivity index (χ1) is 9.65. The number of amides is 1. The number of hydrogen-bond acceptors (Lipinski definition) is 3. The van der Waals surface area contributed by atoms with Crippen molar-refractivity contribution in [1.82, 2.24) is 5.32 Å². The van der Waals surface area contributed by atoms with Crippen LogP contribution in [0.4, 0.5) is 0 Å². The zero-order valence-corrected chi connectivity index (χ0v) is 11.6. The third kappa shape index (κ3) is 2.42. The van der Waals surface area contributed by atoms with Crippen molar-refractivity contribution >= 4 is 5.91 Å². The predicted octanol–water partition coefficient (Wildman–Crippen LogP) is 2.66. The van der Waals surface area contributed by atoms with Crippen LogP contribution in [0.25, 0.3) is 0 Å². The molecule has 1 aromatic heterocycles. The second-order valence-corrected chi connectivity index (χ2v) is 5.71. The Bertz CT molecular complexity index is 611. The van der Waals surface area contributed by atoms with Gasteiger partial charge in [-0.15, -0.1) is 0 Å². The molecule has 4 nitrogen and oxygen atoms in total. The number of carbonyl (C=O) groups is 1. The van der Waals surface area contributed by atoms with E-state index < -0.39 is 5.63 Å². The van der Waals surface area contributed by atoms with Crippen LogP contribution in [0.3, 0.4) is 0 Å². The zero-order valence-electron chi connectivity index (χ0n) is 11.6. The van der Waals surface area contributed by atoms with Crippen LogP contribution < -0.4 is 10.9 Å². The van der Waals surface area contributed by atoms with Gasteiger partial charge >= 0.3 is 5.63 Å². The number of carbonyl (C=O) groups excluding carboxylic acids is 1. The van der Waals surface area contributed by atoms with Gasteiger partial charge in [0.2, 0.25) is 0 Å². The molecule has 1 atom stereocenters. The summed E-state index contributed by atoms with van der Waals surface area (Å²) in [7, 11) is 0. The molecule has 1 N–H and O–H groups in total. The average molecular weight is 273 g/mol. The van der Waals surface area contributed by atoms with Crippen LogP contribution in [0.1, 0.15) is 59.7 Å². The molecule has 1 fully saturated rings. The fourth-order valence-electron chi connectivity index (χ4n) is 2.79. The summed E-state index contributed by atoms with van der Waals surface area (Å²) in [6.07, 6.45) is 9.21. The standard InChI is InChI=1S/C16H19NO3/c1-10-9-13(11-5-4-6-11)20-16(19)14(10)15(18)17-12-7-2-3-8-12/h2,7,9,11-12H,3-6,8H2,1H3,(H,17,18). The van der Waals surface area contributed by atoms with E-state index in [1.54, 1.807) is 6.92 Å². The Morgan fingerprint density at radius 1 is 1.35 bits per heavy atom. The average Bonchev–Trinajstić information content (AvgIpc) is 2.78. The highest BCUT2D eigenvalue weighted by Crippen LogP contribution is 2.36. The van der Waals surface area contributed by atoms with E-state index in [0.717, 1.165) is 31.4 Å². The van der Waals surface area contributed by atoms with Crippen molar-refractivity contribution in [3.63, 3.8) is 0 Å². The summed E-state index contributed by atoms with van der Waals surface area (Å²) in [4.78, 5) is 24.3. The number of nitrogens with one attached hydrogen (secondary N) is 1. The third-order valence-electron chi connectivity index (χ3n) is 4.23. The molecular formula is C16H19NO3. The van der Waals surface area contributed by atoms with E-state index in [1.807, 2.05) is 18.2 Å². The summed E-state index contributed by atoms with van der Waals surface area (Å²) in [5.41, 5.74) is 0.349. The number of allylic oxidation sites excluding steroid dienone is 1.